The Kier molecular flexibility index (Phi) is 5.46. The van der Waals surface area contributed by atoms with Gasteiger partial charge in [-0.15, -0.1) is 0 Å². The first-order chi connectivity index (χ1) is 10.7. The van der Waals surface area contributed by atoms with Gasteiger partial charge in [0, 0.05) is 6.92 Å². The van der Waals surface area contributed by atoms with Crippen LogP contribution in [0.5, 0.6) is 0 Å². The predicted molar refractivity (Wildman–Crippen MR) is 89.5 cm³/mol. The molecular weight excluding hydrogens is 272 g/mol. The topological polar surface area (TPSA) is 26.3 Å². The van der Waals surface area contributed by atoms with Gasteiger partial charge >= 0.3 is 5.97 Å². The van der Waals surface area contributed by atoms with Crippen LogP contribution in [-0.2, 0) is 9.53 Å². The highest BCUT2D eigenvalue weighted by atomic mass is 16.5. The van der Waals surface area contributed by atoms with Gasteiger partial charge in [-0.2, -0.15) is 0 Å². The molecule has 0 aromatic rings. The van der Waals surface area contributed by atoms with Crippen LogP contribution in [0, 0.1) is 29.6 Å². The van der Waals surface area contributed by atoms with Crippen LogP contribution in [0.1, 0.15) is 84.5 Å². The summed E-state index contributed by atoms with van der Waals surface area (Å²) in [6.45, 7) is 3.87. The first kappa shape index (κ1) is 16.3. The lowest BCUT2D eigenvalue weighted by atomic mass is 9.56. The Bertz CT molecular complexity index is 378. The van der Waals surface area contributed by atoms with Gasteiger partial charge < -0.3 is 4.74 Å². The van der Waals surface area contributed by atoms with E-state index in [2.05, 4.69) is 6.92 Å². The molecule has 3 fully saturated rings. The molecule has 6 atom stereocenters. The molecule has 2 heteroatoms. The standard InChI is InChI=1S/C20H34O2/c1-3-4-5-15-6-10-19-16(12-15)7-8-17-13-18(22-14(2)21)9-11-20(17)19/h15-20H,3-13H2,1-2H3. The van der Waals surface area contributed by atoms with Crippen molar-refractivity contribution in [1.82, 2.24) is 0 Å². The van der Waals surface area contributed by atoms with Crippen LogP contribution in [0.4, 0.5) is 0 Å². The zero-order valence-corrected chi connectivity index (χ0v) is 14.6. The van der Waals surface area contributed by atoms with E-state index in [9.17, 15) is 4.79 Å². The van der Waals surface area contributed by atoms with Gasteiger partial charge in [-0.3, -0.25) is 4.79 Å². The number of carbonyl (C=O) groups is 1. The zero-order chi connectivity index (χ0) is 15.5. The van der Waals surface area contributed by atoms with Gasteiger partial charge in [0.05, 0.1) is 0 Å². The first-order valence-electron chi connectivity index (χ1n) is 9.84. The van der Waals surface area contributed by atoms with Gasteiger partial charge in [-0.05, 0) is 74.5 Å². The van der Waals surface area contributed by atoms with Crippen LogP contribution in [0.15, 0.2) is 0 Å². The Morgan fingerprint density at radius 2 is 1.64 bits per heavy atom. The Morgan fingerprint density at radius 3 is 2.32 bits per heavy atom. The van der Waals surface area contributed by atoms with Crippen LogP contribution in [0.2, 0.25) is 0 Å². The third-order valence-electron chi connectivity index (χ3n) is 6.90. The van der Waals surface area contributed by atoms with Crippen molar-refractivity contribution in [3.63, 3.8) is 0 Å². The monoisotopic (exact) mass is 306 g/mol. The summed E-state index contributed by atoms with van der Waals surface area (Å²) in [6, 6.07) is 0. The maximum Gasteiger partial charge on any atom is 0.302 e. The maximum absolute atomic E-state index is 11.2. The van der Waals surface area contributed by atoms with Crippen molar-refractivity contribution >= 4 is 5.97 Å². The summed E-state index contributed by atoms with van der Waals surface area (Å²) in [5, 5.41) is 0. The molecule has 0 radical (unpaired) electrons. The number of fused-ring (bicyclic) bond motifs is 3. The number of hydrogen-bond acceptors (Lipinski definition) is 2. The molecule has 0 bridgehead atoms. The van der Waals surface area contributed by atoms with Gasteiger partial charge in [-0.25, -0.2) is 0 Å². The molecule has 22 heavy (non-hydrogen) atoms. The molecule has 2 nitrogen and oxygen atoms in total. The molecule has 0 heterocycles. The second kappa shape index (κ2) is 7.36. The van der Waals surface area contributed by atoms with Crippen LogP contribution in [0.3, 0.4) is 0 Å². The van der Waals surface area contributed by atoms with E-state index in [1.807, 2.05) is 0 Å². The third-order valence-corrected chi connectivity index (χ3v) is 6.90. The molecule has 0 aromatic carbocycles. The van der Waals surface area contributed by atoms with E-state index >= 15 is 0 Å². The van der Waals surface area contributed by atoms with Gasteiger partial charge in [0.2, 0.25) is 0 Å². The average Bonchev–Trinajstić information content (AvgIpc) is 2.51. The summed E-state index contributed by atoms with van der Waals surface area (Å²) in [5.74, 6) is 4.73. The Labute approximate surface area is 136 Å². The normalized spacial score (nSPS) is 41.4. The minimum absolute atomic E-state index is 0.0893. The molecule has 0 aliphatic heterocycles. The van der Waals surface area contributed by atoms with Crippen molar-refractivity contribution in [3.05, 3.63) is 0 Å². The van der Waals surface area contributed by atoms with Crippen LogP contribution < -0.4 is 0 Å². The second-order valence-corrected chi connectivity index (χ2v) is 8.29. The summed E-state index contributed by atoms with van der Waals surface area (Å²) in [5.41, 5.74) is 0. The second-order valence-electron chi connectivity index (χ2n) is 8.29. The Balaban J connectivity index is 1.54. The molecule has 3 rings (SSSR count). The summed E-state index contributed by atoms with van der Waals surface area (Å²) in [7, 11) is 0. The smallest absolute Gasteiger partial charge is 0.302 e. The number of hydrogen-bond donors (Lipinski definition) is 0. The minimum Gasteiger partial charge on any atom is -0.463 e. The number of unbranched alkanes of at least 4 members (excludes halogenated alkanes) is 1. The summed E-state index contributed by atoms with van der Waals surface area (Å²) in [6.07, 6.45) is 15.4. The number of esters is 1. The van der Waals surface area contributed by atoms with Crippen molar-refractivity contribution in [3.8, 4) is 0 Å². The quantitative estimate of drug-likeness (QED) is 0.654. The first-order valence-corrected chi connectivity index (χ1v) is 9.84. The van der Waals surface area contributed by atoms with Gasteiger partial charge in [0.15, 0.2) is 0 Å². The van der Waals surface area contributed by atoms with Crippen LogP contribution >= 0.6 is 0 Å². The fraction of sp³-hybridized carbons (Fsp3) is 0.950. The fourth-order valence-corrected chi connectivity index (χ4v) is 5.95. The zero-order valence-electron chi connectivity index (χ0n) is 14.6. The van der Waals surface area contributed by atoms with E-state index in [1.165, 1.54) is 57.8 Å². The van der Waals surface area contributed by atoms with Gasteiger partial charge in [-0.1, -0.05) is 32.6 Å². The SMILES string of the molecule is CCCCC1CCC2C(CCC3CC(OC(C)=O)CCC32)C1. The van der Waals surface area contributed by atoms with Crippen molar-refractivity contribution in [2.45, 2.75) is 90.6 Å². The van der Waals surface area contributed by atoms with E-state index < -0.39 is 0 Å². The van der Waals surface area contributed by atoms with Crippen molar-refractivity contribution in [2.24, 2.45) is 29.6 Å². The lowest BCUT2D eigenvalue weighted by molar-refractivity contribution is -0.151. The Hall–Kier alpha value is -0.530. The molecular formula is C20H34O2. The largest absolute Gasteiger partial charge is 0.463 e. The lowest BCUT2D eigenvalue weighted by Gasteiger charge is -2.50. The van der Waals surface area contributed by atoms with E-state index in [0.29, 0.717) is 0 Å². The Morgan fingerprint density at radius 1 is 0.955 bits per heavy atom. The summed E-state index contributed by atoms with van der Waals surface area (Å²) in [4.78, 5) is 11.2. The highest BCUT2D eigenvalue weighted by Crippen LogP contribution is 2.53. The predicted octanol–water partition coefficient (Wildman–Crippen LogP) is 5.35. The van der Waals surface area contributed by atoms with Crippen molar-refractivity contribution in [1.29, 1.82) is 0 Å². The van der Waals surface area contributed by atoms with E-state index in [0.717, 1.165) is 42.4 Å². The summed E-state index contributed by atoms with van der Waals surface area (Å²) < 4.78 is 5.50. The summed E-state index contributed by atoms with van der Waals surface area (Å²) >= 11 is 0. The fourth-order valence-electron chi connectivity index (χ4n) is 5.95. The van der Waals surface area contributed by atoms with Crippen LogP contribution in [-0.4, -0.2) is 12.1 Å². The van der Waals surface area contributed by atoms with Crippen molar-refractivity contribution in [2.75, 3.05) is 0 Å². The molecule has 0 N–H and O–H groups in total. The maximum atomic E-state index is 11.2. The highest BCUT2D eigenvalue weighted by Gasteiger charge is 2.44. The van der Waals surface area contributed by atoms with E-state index in [4.69, 9.17) is 4.74 Å². The van der Waals surface area contributed by atoms with Crippen LogP contribution in [0.25, 0.3) is 0 Å². The molecule has 0 saturated heterocycles. The number of carbonyl (C=O) groups excluding carboxylic acids is 1. The van der Waals surface area contributed by atoms with Gasteiger partial charge in [0.1, 0.15) is 6.10 Å². The molecule has 3 saturated carbocycles. The average molecular weight is 306 g/mol. The number of ether oxygens (including phenoxy) is 1. The molecule has 3 aliphatic carbocycles. The molecule has 0 aromatic heterocycles. The molecule has 3 aliphatic rings. The minimum atomic E-state index is -0.0893. The third kappa shape index (κ3) is 3.68. The molecule has 126 valence electrons. The molecule has 0 spiro atoms. The highest BCUT2D eigenvalue weighted by molar-refractivity contribution is 5.66. The van der Waals surface area contributed by atoms with E-state index in [1.54, 1.807) is 6.92 Å². The molecule has 0 amide bonds. The van der Waals surface area contributed by atoms with E-state index in [-0.39, 0.29) is 12.1 Å². The van der Waals surface area contributed by atoms with Crippen molar-refractivity contribution < 1.29 is 9.53 Å². The molecule has 6 unspecified atom stereocenters. The number of rotatable bonds is 4. The lowest BCUT2D eigenvalue weighted by Crippen LogP contribution is -2.43. The van der Waals surface area contributed by atoms with Gasteiger partial charge in [0.25, 0.3) is 0 Å².